The molecule has 0 saturated carbocycles. The molecule has 0 aromatic carbocycles. The van der Waals surface area contributed by atoms with Crippen LogP contribution in [0.3, 0.4) is 0 Å². The Morgan fingerprint density at radius 1 is 1.77 bits per heavy atom. The second-order valence-electron chi connectivity index (χ2n) is 2.49. The number of rotatable bonds is 2. The number of aromatic nitrogens is 2. The van der Waals surface area contributed by atoms with Crippen molar-refractivity contribution in [2.45, 2.75) is 0 Å². The highest BCUT2D eigenvalue weighted by atomic mass is 16.5. The molecule has 70 valence electrons. The number of imidazole rings is 1. The van der Waals surface area contributed by atoms with Gasteiger partial charge in [-0.3, -0.25) is 0 Å². The topological polar surface area (TPSA) is 70.1 Å². The van der Waals surface area contributed by atoms with Gasteiger partial charge in [-0.25, -0.2) is 9.78 Å². The molecule has 13 heavy (non-hydrogen) atoms. The minimum Gasteiger partial charge on any atom is -0.464 e. The van der Waals surface area contributed by atoms with E-state index in [0.29, 0.717) is 5.82 Å². The van der Waals surface area contributed by atoms with E-state index >= 15 is 0 Å². The normalized spacial score (nSPS) is 11.4. The number of esters is 1. The number of methoxy groups -OCH3 is 1. The van der Waals surface area contributed by atoms with Gasteiger partial charge in [0.15, 0.2) is 0 Å². The number of hydrogen-bond acceptors (Lipinski definition) is 4. The van der Waals surface area contributed by atoms with Crippen LogP contribution in [0.15, 0.2) is 18.1 Å². The molecule has 0 unspecified atom stereocenters. The second kappa shape index (κ2) is 3.75. The molecule has 0 atom stereocenters. The van der Waals surface area contributed by atoms with Gasteiger partial charge in [0, 0.05) is 25.5 Å². The van der Waals surface area contributed by atoms with Crippen molar-refractivity contribution in [1.82, 2.24) is 9.55 Å². The van der Waals surface area contributed by atoms with Crippen molar-refractivity contribution in [3.05, 3.63) is 23.9 Å². The summed E-state index contributed by atoms with van der Waals surface area (Å²) in [5.41, 5.74) is 5.46. The van der Waals surface area contributed by atoms with Crippen LogP contribution in [0.5, 0.6) is 0 Å². The van der Waals surface area contributed by atoms with Gasteiger partial charge in [0.25, 0.3) is 0 Å². The molecular weight excluding hydrogens is 170 g/mol. The maximum Gasteiger partial charge on any atom is 0.354 e. The predicted octanol–water partition coefficient (Wildman–Crippen LogP) is -0.107. The van der Waals surface area contributed by atoms with Gasteiger partial charge < -0.3 is 15.0 Å². The van der Waals surface area contributed by atoms with Crippen LogP contribution in [-0.4, -0.2) is 22.6 Å². The van der Waals surface area contributed by atoms with Gasteiger partial charge in [-0.1, -0.05) is 0 Å². The predicted molar refractivity (Wildman–Crippen MR) is 47.4 cm³/mol. The third-order valence-electron chi connectivity index (χ3n) is 1.56. The molecule has 1 heterocycles. The first kappa shape index (κ1) is 9.31. The molecule has 0 saturated heterocycles. The summed E-state index contributed by atoms with van der Waals surface area (Å²) in [5, 5.41) is 0. The van der Waals surface area contributed by atoms with Crippen molar-refractivity contribution in [3.8, 4) is 0 Å². The Bertz CT molecular complexity index is 341. The van der Waals surface area contributed by atoms with Crippen molar-refractivity contribution in [3.63, 3.8) is 0 Å². The van der Waals surface area contributed by atoms with Gasteiger partial charge in [0.2, 0.25) is 0 Å². The lowest BCUT2D eigenvalue weighted by Crippen LogP contribution is -2.13. The molecule has 0 amide bonds. The average molecular weight is 181 g/mol. The molecule has 5 nitrogen and oxygen atoms in total. The summed E-state index contributed by atoms with van der Waals surface area (Å²) < 4.78 is 6.18. The van der Waals surface area contributed by atoms with E-state index in [1.807, 2.05) is 7.05 Å². The van der Waals surface area contributed by atoms with Crippen LogP contribution in [0.2, 0.25) is 0 Å². The number of carbonyl (C=O) groups is 1. The van der Waals surface area contributed by atoms with Crippen molar-refractivity contribution in [1.29, 1.82) is 0 Å². The van der Waals surface area contributed by atoms with Crippen LogP contribution in [0, 0.1) is 0 Å². The van der Waals surface area contributed by atoms with E-state index in [-0.39, 0.29) is 5.70 Å². The zero-order valence-corrected chi connectivity index (χ0v) is 7.52. The molecule has 0 fully saturated rings. The molecular formula is C8H11N3O2. The molecule has 0 bridgehead atoms. The number of nitrogens with two attached hydrogens (primary N) is 1. The van der Waals surface area contributed by atoms with Crippen LogP contribution in [0.1, 0.15) is 5.82 Å². The summed E-state index contributed by atoms with van der Waals surface area (Å²) in [6.45, 7) is 0. The van der Waals surface area contributed by atoms with Crippen LogP contribution >= 0.6 is 0 Å². The first-order valence-corrected chi connectivity index (χ1v) is 3.68. The van der Waals surface area contributed by atoms with E-state index in [0.717, 1.165) is 0 Å². The molecule has 0 aliphatic carbocycles. The molecule has 1 aromatic rings. The highest BCUT2D eigenvalue weighted by Gasteiger charge is 2.05. The Labute approximate surface area is 75.8 Å². The summed E-state index contributed by atoms with van der Waals surface area (Å²) in [5.74, 6) is 0.0610. The zero-order chi connectivity index (χ0) is 9.84. The summed E-state index contributed by atoms with van der Waals surface area (Å²) in [7, 11) is 3.09. The maximum absolute atomic E-state index is 10.9. The number of ether oxygens (including phenoxy) is 1. The van der Waals surface area contributed by atoms with Crippen molar-refractivity contribution >= 4 is 12.0 Å². The average Bonchev–Trinajstić information content (AvgIpc) is 2.50. The Morgan fingerprint density at radius 3 is 2.92 bits per heavy atom. The third-order valence-corrected chi connectivity index (χ3v) is 1.56. The molecule has 0 aliphatic rings. The highest BCUT2D eigenvalue weighted by Crippen LogP contribution is 2.00. The molecule has 1 aromatic heterocycles. The quantitative estimate of drug-likeness (QED) is 0.510. The Kier molecular flexibility index (Phi) is 2.69. The van der Waals surface area contributed by atoms with Gasteiger partial charge in [0.1, 0.15) is 11.5 Å². The molecule has 1 rings (SSSR count). The van der Waals surface area contributed by atoms with E-state index in [1.54, 1.807) is 17.0 Å². The first-order chi connectivity index (χ1) is 6.15. The van der Waals surface area contributed by atoms with E-state index in [2.05, 4.69) is 9.72 Å². The van der Waals surface area contributed by atoms with Crippen molar-refractivity contribution in [2.24, 2.45) is 12.8 Å². The van der Waals surface area contributed by atoms with Crippen LogP contribution in [-0.2, 0) is 16.6 Å². The molecule has 2 N–H and O–H groups in total. The van der Waals surface area contributed by atoms with Crippen LogP contribution in [0.25, 0.3) is 6.08 Å². The summed E-state index contributed by atoms with van der Waals surface area (Å²) in [6, 6.07) is 0. The highest BCUT2D eigenvalue weighted by molar-refractivity contribution is 5.91. The van der Waals surface area contributed by atoms with E-state index < -0.39 is 5.97 Å². The summed E-state index contributed by atoms with van der Waals surface area (Å²) >= 11 is 0. The lowest BCUT2D eigenvalue weighted by molar-refractivity contribution is -0.136. The maximum atomic E-state index is 10.9. The summed E-state index contributed by atoms with van der Waals surface area (Å²) in [6.07, 6.45) is 4.85. The fourth-order valence-corrected chi connectivity index (χ4v) is 0.832. The minimum atomic E-state index is -0.553. The fraction of sp³-hybridized carbons (Fsp3) is 0.250. The SMILES string of the molecule is COC(=O)/C(N)=C\c1nccn1C. The van der Waals surface area contributed by atoms with E-state index in [1.165, 1.54) is 13.2 Å². The van der Waals surface area contributed by atoms with Crippen LogP contribution < -0.4 is 5.73 Å². The Balaban J connectivity index is 2.88. The van der Waals surface area contributed by atoms with Gasteiger partial charge in [-0.2, -0.15) is 0 Å². The van der Waals surface area contributed by atoms with E-state index in [4.69, 9.17) is 5.73 Å². The monoisotopic (exact) mass is 181 g/mol. The van der Waals surface area contributed by atoms with Crippen LogP contribution in [0.4, 0.5) is 0 Å². The molecule has 5 heteroatoms. The van der Waals surface area contributed by atoms with Crippen molar-refractivity contribution in [2.75, 3.05) is 7.11 Å². The Hall–Kier alpha value is -1.78. The van der Waals surface area contributed by atoms with E-state index in [9.17, 15) is 4.79 Å². The van der Waals surface area contributed by atoms with Gasteiger partial charge >= 0.3 is 5.97 Å². The smallest absolute Gasteiger partial charge is 0.354 e. The standard InChI is InChI=1S/C8H11N3O2/c1-11-4-3-10-7(11)5-6(9)8(12)13-2/h3-5H,9H2,1-2H3/b6-5+. The molecule has 0 spiro atoms. The molecule has 0 aliphatic heterocycles. The molecule has 0 radical (unpaired) electrons. The fourth-order valence-electron chi connectivity index (χ4n) is 0.832. The van der Waals surface area contributed by atoms with Crippen molar-refractivity contribution < 1.29 is 9.53 Å². The van der Waals surface area contributed by atoms with Gasteiger partial charge in [0.05, 0.1) is 7.11 Å². The lowest BCUT2D eigenvalue weighted by atomic mass is 10.4. The largest absolute Gasteiger partial charge is 0.464 e. The number of nitrogens with zero attached hydrogens (tertiary/aromatic N) is 2. The minimum absolute atomic E-state index is 0.0387. The van der Waals surface area contributed by atoms with Gasteiger partial charge in [-0.15, -0.1) is 0 Å². The Morgan fingerprint density at radius 2 is 2.46 bits per heavy atom. The number of carbonyl (C=O) groups excluding carboxylic acids is 1. The number of hydrogen-bond donors (Lipinski definition) is 1. The second-order valence-corrected chi connectivity index (χ2v) is 2.49. The number of aryl methyl sites for hydroxylation is 1. The lowest BCUT2D eigenvalue weighted by Gasteiger charge is -1.98. The van der Waals surface area contributed by atoms with Gasteiger partial charge in [-0.05, 0) is 0 Å². The third kappa shape index (κ3) is 2.08. The summed E-state index contributed by atoms with van der Waals surface area (Å²) in [4.78, 5) is 14.9. The first-order valence-electron chi connectivity index (χ1n) is 3.68. The zero-order valence-electron chi connectivity index (χ0n) is 7.52.